The van der Waals surface area contributed by atoms with Gasteiger partial charge in [0.1, 0.15) is 0 Å². The quantitative estimate of drug-likeness (QED) is 0.798. The smallest absolute Gasteiger partial charge is 0.233 e. The maximum absolute atomic E-state index is 11.9. The van der Waals surface area contributed by atoms with Crippen LogP contribution in [-0.2, 0) is 0 Å². The minimum atomic E-state index is 0.00566. The first-order chi connectivity index (χ1) is 7.20. The van der Waals surface area contributed by atoms with Gasteiger partial charge in [-0.2, -0.15) is 0 Å². The molecule has 2 rings (SSSR count). The number of nitrogens with one attached hydrogen (secondary N) is 1. The number of H-pyrrole nitrogens is 1. The lowest BCUT2D eigenvalue weighted by molar-refractivity contribution is 0.0857. The molecule has 15 heavy (non-hydrogen) atoms. The zero-order valence-corrected chi connectivity index (χ0v) is 8.90. The van der Waals surface area contributed by atoms with Gasteiger partial charge in [0.15, 0.2) is 0 Å². The van der Waals surface area contributed by atoms with Crippen molar-refractivity contribution in [3.05, 3.63) is 36.7 Å². The van der Waals surface area contributed by atoms with E-state index in [9.17, 15) is 4.79 Å². The van der Waals surface area contributed by atoms with E-state index in [1.165, 1.54) is 0 Å². The number of aromatic amines is 1. The lowest BCUT2D eigenvalue weighted by atomic mass is 10.2. The van der Waals surface area contributed by atoms with Gasteiger partial charge in [-0.3, -0.25) is 9.36 Å². The van der Waals surface area contributed by atoms with Gasteiger partial charge in [-0.25, -0.2) is 0 Å². The van der Waals surface area contributed by atoms with Gasteiger partial charge in [0.05, 0.1) is 11.4 Å². The fourth-order valence-electron chi connectivity index (χ4n) is 1.56. The molecule has 1 N–H and O–H groups in total. The average molecular weight is 202 g/mol. The van der Waals surface area contributed by atoms with Crippen molar-refractivity contribution >= 4 is 5.91 Å². The van der Waals surface area contributed by atoms with Crippen molar-refractivity contribution in [3.63, 3.8) is 0 Å². The van der Waals surface area contributed by atoms with E-state index >= 15 is 0 Å². The van der Waals surface area contributed by atoms with Crippen molar-refractivity contribution in [2.24, 2.45) is 5.92 Å². The molecule has 3 nitrogen and oxygen atoms in total. The number of nitrogens with zero attached hydrogens (tertiary/aromatic N) is 1. The molecule has 0 aromatic carbocycles. The van der Waals surface area contributed by atoms with Crippen LogP contribution in [0.25, 0.3) is 11.4 Å². The molecule has 2 heterocycles. The Morgan fingerprint density at radius 1 is 1.33 bits per heavy atom. The third-order valence-corrected chi connectivity index (χ3v) is 2.35. The molecule has 0 saturated heterocycles. The molecule has 0 radical (unpaired) electrons. The molecule has 0 saturated carbocycles. The fourth-order valence-corrected chi connectivity index (χ4v) is 1.56. The topological polar surface area (TPSA) is 37.8 Å². The molecule has 0 unspecified atom stereocenters. The molecule has 0 aliphatic heterocycles. The fraction of sp³-hybridized carbons (Fsp3) is 0.250. The predicted molar refractivity (Wildman–Crippen MR) is 59.7 cm³/mol. The van der Waals surface area contributed by atoms with Crippen molar-refractivity contribution in [2.45, 2.75) is 13.8 Å². The third kappa shape index (κ3) is 1.73. The molecule has 0 amide bonds. The van der Waals surface area contributed by atoms with E-state index in [1.54, 1.807) is 10.8 Å². The number of hydrogen-bond donors (Lipinski definition) is 1. The van der Waals surface area contributed by atoms with Crippen LogP contribution in [-0.4, -0.2) is 15.5 Å². The van der Waals surface area contributed by atoms with Crippen LogP contribution >= 0.6 is 0 Å². The van der Waals surface area contributed by atoms with E-state index in [-0.39, 0.29) is 11.8 Å². The standard InChI is InChI=1S/C12H14N2O/c1-9(2)12(15)14-8-4-6-11(14)10-5-3-7-13-10/h3-9,13H,1-2H3. The van der Waals surface area contributed by atoms with Gasteiger partial charge in [-0.15, -0.1) is 0 Å². The second-order valence-corrected chi connectivity index (χ2v) is 3.84. The first kappa shape index (κ1) is 9.77. The van der Waals surface area contributed by atoms with Gasteiger partial charge >= 0.3 is 0 Å². The lowest BCUT2D eigenvalue weighted by Gasteiger charge is -2.08. The van der Waals surface area contributed by atoms with Crippen LogP contribution in [0.3, 0.4) is 0 Å². The summed E-state index contributed by atoms with van der Waals surface area (Å²) in [6.45, 7) is 3.81. The summed E-state index contributed by atoms with van der Waals surface area (Å²) in [7, 11) is 0. The van der Waals surface area contributed by atoms with E-state index < -0.39 is 0 Å². The Bertz CT molecular complexity index is 452. The van der Waals surface area contributed by atoms with E-state index in [1.807, 2.05) is 44.3 Å². The zero-order valence-electron chi connectivity index (χ0n) is 8.90. The predicted octanol–water partition coefficient (Wildman–Crippen LogP) is 2.78. The number of hydrogen-bond acceptors (Lipinski definition) is 1. The molecule has 2 aromatic heterocycles. The Labute approximate surface area is 88.7 Å². The molecule has 0 bridgehead atoms. The molecule has 3 heteroatoms. The molecule has 2 aromatic rings. The Morgan fingerprint density at radius 2 is 2.13 bits per heavy atom. The van der Waals surface area contributed by atoms with Crippen molar-refractivity contribution in [2.75, 3.05) is 0 Å². The van der Waals surface area contributed by atoms with Crippen LogP contribution in [0.1, 0.15) is 18.6 Å². The van der Waals surface area contributed by atoms with Gasteiger partial charge in [0.25, 0.3) is 0 Å². The minimum Gasteiger partial charge on any atom is -0.360 e. The second-order valence-electron chi connectivity index (χ2n) is 3.84. The number of rotatable bonds is 2. The Kier molecular flexibility index (Phi) is 2.46. The van der Waals surface area contributed by atoms with E-state index in [2.05, 4.69) is 4.98 Å². The highest BCUT2D eigenvalue weighted by molar-refractivity contribution is 5.85. The van der Waals surface area contributed by atoms with E-state index in [0.717, 1.165) is 11.4 Å². The Hall–Kier alpha value is -1.77. The van der Waals surface area contributed by atoms with Gasteiger partial charge in [-0.1, -0.05) is 13.8 Å². The molecule has 0 spiro atoms. The SMILES string of the molecule is CC(C)C(=O)n1cccc1-c1ccc[nH]1. The highest BCUT2D eigenvalue weighted by Gasteiger charge is 2.13. The van der Waals surface area contributed by atoms with Crippen molar-refractivity contribution in [3.8, 4) is 11.4 Å². The monoisotopic (exact) mass is 202 g/mol. The molecular weight excluding hydrogens is 188 g/mol. The van der Waals surface area contributed by atoms with Crippen LogP contribution in [0.2, 0.25) is 0 Å². The number of carbonyl (C=O) groups excluding carboxylic acids is 1. The largest absolute Gasteiger partial charge is 0.360 e. The Morgan fingerprint density at radius 3 is 2.73 bits per heavy atom. The van der Waals surface area contributed by atoms with Gasteiger partial charge in [-0.05, 0) is 24.3 Å². The van der Waals surface area contributed by atoms with Crippen molar-refractivity contribution in [1.29, 1.82) is 0 Å². The average Bonchev–Trinajstić information content (AvgIpc) is 2.86. The molecule has 0 atom stereocenters. The minimum absolute atomic E-state index is 0.00566. The number of aromatic nitrogens is 2. The van der Waals surface area contributed by atoms with Crippen LogP contribution in [0.4, 0.5) is 0 Å². The van der Waals surface area contributed by atoms with E-state index in [4.69, 9.17) is 0 Å². The summed E-state index contributed by atoms with van der Waals surface area (Å²) in [4.78, 5) is 15.0. The molecule has 78 valence electrons. The summed E-state index contributed by atoms with van der Waals surface area (Å²) in [6.07, 6.45) is 3.66. The highest BCUT2D eigenvalue weighted by Crippen LogP contribution is 2.18. The van der Waals surface area contributed by atoms with Crippen LogP contribution in [0.15, 0.2) is 36.7 Å². The van der Waals surface area contributed by atoms with Gasteiger partial charge < -0.3 is 4.98 Å². The zero-order chi connectivity index (χ0) is 10.8. The maximum atomic E-state index is 11.9. The normalized spacial score (nSPS) is 10.9. The van der Waals surface area contributed by atoms with Crippen molar-refractivity contribution in [1.82, 2.24) is 9.55 Å². The molecule has 0 aliphatic rings. The third-order valence-electron chi connectivity index (χ3n) is 2.35. The summed E-state index contributed by atoms with van der Waals surface area (Å²) in [5, 5.41) is 0. The summed E-state index contributed by atoms with van der Waals surface area (Å²) < 4.78 is 1.69. The summed E-state index contributed by atoms with van der Waals surface area (Å²) >= 11 is 0. The van der Waals surface area contributed by atoms with Crippen LogP contribution < -0.4 is 0 Å². The first-order valence-corrected chi connectivity index (χ1v) is 5.05. The highest BCUT2D eigenvalue weighted by atomic mass is 16.2. The molecule has 0 fully saturated rings. The second kappa shape index (κ2) is 3.77. The number of carbonyl (C=O) groups is 1. The van der Waals surface area contributed by atoms with Crippen LogP contribution in [0.5, 0.6) is 0 Å². The summed E-state index contributed by atoms with van der Waals surface area (Å²) in [5.41, 5.74) is 1.88. The van der Waals surface area contributed by atoms with Crippen LogP contribution in [0, 0.1) is 5.92 Å². The van der Waals surface area contributed by atoms with E-state index in [0.29, 0.717) is 0 Å². The summed E-state index contributed by atoms with van der Waals surface area (Å²) in [5.74, 6) is 0.121. The summed E-state index contributed by atoms with van der Waals surface area (Å²) in [6, 6.07) is 7.70. The van der Waals surface area contributed by atoms with Crippen molar-refractivity contribution < 1.29 is 4.79 Å². The maximum Gasteiger partial charge on any atom is 0.233 e. The lowest BCUT2D eigenvalue weighted by Crippen LogP contribution is -2.16. The van der Waals surface area contributed by atoms with Gasteiger partial charge in [0, 0.05) is 18.3 Å². The molecular formula is C12H14N2O. The molecule has 0 aliphatic carbocycles. The van der Waals surface area contributed by atoms with Gasteiger partial charge in [0.2, 0.25) is 5.91 Å². The Balaban J connectivity index is 2.43. The first-order valence-electron chi connectivity index (χ1n) is 5.05.